The van der Waals surface area contributed by atoms with Gasteiger partial charge in [0.25, 0.3) is 0 Å². The fourth-order valence-corrected chi connectivity index (χ4v) is 2.37. The van der Waals surface area contributed by atoms with Gasteiger partial charge in [-0.1, -0.05) is 46.3 Å². The van der Waals surface area contributed by atoms with Crippen molar-refractivity contribution in [3.63, 3.8) is 0 Å². The van der Waals surface area contributed by atoms with Gasteiger partial charge in [-0.3, -0.25) is 4.79 Å². The molecule has 2 aromatic carbocycles. The molecule has 0 radical (unpaired) electrons. The van der Waals surface area contributed by atoms with E-state index in [0.29, 0.717) is 12.1 Å². The van der Waals surface area contributed by atoms with Crippen LogP contribution in [0.2, 0.25) is 0 Å². The molecule has 19 heavy (non-hydrogen) atoms. The number of aromatic amines is 1. The number of carbonyl (C=O) groups is 1. The first-order chi connectivity index (χ1) is 9.22. The standard InChI is InChI=1S/C16H12BrNO/c17-13-7-5-11(6-8-13)9-16(19)15-10-12-3-1-2-4-14(12)18-15/h1-8,10,18H,9H2. The van der Waals surface area contributed by atoms with Gasteiger partial charge in [0.15, 0.2) is 5.78 Å². The molecule has 3 heteroatoms. The lowest BCUT2D eigenvalue weighted by molar-refractivity contribution is 0.0989. The van der Waals surface area contributed by atoms with Crippen LogP contribution in [0.3, 0.4) is 0 Å². The van der Waals surface area contributed by atoms with Gasteiger partial charge in [0.05, 0.1) is 5.69 Å². The van der Waals surface area contributed by atoms with E-state index in [1.807, 2.05) is 54.6 Å². The van der Waals surface area contributed by atoms with E-state index >= 15 is 0 Å². The van der Waals surface area contributed by atoms with Crippen LogP contribution in [0.1, 0.15) is 16.1 Å². The van der Waals surface area contributed by atoms with E-state index in [4.69, 9.17) is 0 Å². The molecule has 0 fully saturated rings. The zero-order chi connectivity index (χ0) is 13.2. The van der Waals surface area contributed by atoms with Crippen molar-refractivity contribution in [2.24, 2.45) is 0 Å². The van der Waals surface area contributed by atoms with Crippen LogP contribution < -0.4 is 0 Å². The van der Waals surface area contributed by atoms with E-state index in [9.17, 15) is 4.79 Å². The summed E-state index contributed by atoms with van der Waals surface area (Å²) in [4.78, 5) is 15.4. The minimum absolute atomic E-state index is 0.110. The third-order valence-corrected chi connectivity index (χ3v) is 3.64. The molecule has 1 heterocycles. The molecule has 0 atom stereocenters. The first-order valence-electron chi connectivity index (χ1n) is 6.08. The zero-order valence-corrected chi connectivity index (χ0v) is 11.8. The monoisotopic (exact) mass is 313 g/mol. The molecule has 3 aromatic rings. The molecule has 0 bridgehead atoms. The number of hydrogen-bond acceptors (Lipinski definition) is 1. The van der Waals surface area contributed by atoms with E-state index in [2.05, 4.69) is 20.9 Å². The molecule has 0 saturated carbocycles. The molecule has 0 aliphatic heterocycles. The predicted molar refractivity (Wildman–Crippen MR) is 80.5 cm³/mol. The van der Waals surface area contributed by atoms with Crippen molar-refractivity contribution in [2.75, 3.05) is 0 Å². The summed E-state index contributed by atoms with van der Waals surface area (Å²) in [6, 6.07) is 17.7. The number of carbonyl (C=O) groups excluding carboxylic acids is 1. The fraction of sp³-hybridized carbons (Fsp3) is 0.0625. The van der Waals surface area contributed by atoms with Crippen LogP contribution in [0.5, 0.6) is 0 Å². The third-order valence-electron chi connectivity index (χ3n) is 3.11. The molecule has 0 amide bonds. The predicted octanol–water partition coefficient (Wildman–Crippen LogP) is 4.36. The van der Waals surface area contributed by atoms with E-state index < -0.39 is 0 Å². The van der Waals surface area contributed by atoms with Crippen molar-refractivity contribution in [2.45, 2.75) is 6.42 Å². The second-order valence-electron chi connectivity index (χ2n) is 4.50. The van der Waals surface area contributed by atoms with Crippen molar-refractivity contribution >= 4 is 32.6 Å². The largest absolute Gasteiger partial charge is 0.352 e. The maximum Gasteiger partial charge on any atom is 0.183 e. The van der Waals surface area contributed by atoms with Crippen molar-refractivity contribution in [1.29, 1.82) is 0 Å². The Bertz CT molecular complexity index is 695. The molecule has 0 aliphatic rings. The quantitative estimate of drug-likeness (QED) is 0.716. The van der Waals surface area contributed by atoms with Gasteiger partial charge in [0.2, 0.25) is 0 Å². The summed E-state index contributed by atoms with van der Waals surface area (Å²) in [7, 11) is 0. The van der Waals surface area contributed by atoms with Gasteiger partial charge >= 0.3 is 0 Å². The summed E-state index contributed by atoms with van der Waals surface area (Å²) in [6.45, 7) is 0. The van der Waals surface area contributed by atoms with E-state index in [0.717, 1.165) is 20.9 Å². The topological polar surface area (TPSA) is 32.9 Å². The number of nitrogens with one attached hydrogen (secondary N) is 1. The van der Waals surface area contributed by atoms with Gasteiger partial charge in [-0.25, -0.2) is 0 Å². The minimum atomic E-state index is 0.110. The Morgan fingerprint density at radius 3 is 2.53 bits per heavy atom. The molecule has 0 unspecified atom stereocenters. The Kier molecular flexibility index (Phi) is 3.22. The maximum absolute atomic E-state index is 12.2. The highest BCUT2D eigenvalue weighted by molar-refractivity contribution is 9.10. The molecule has 1 N–H and O–H groups in total. The molecule has 3 rings (SSSR count). The molecule has 1 aromatic heterocycles. The van der Waals surface area contributed by atoms with Gasteiger partial charge in [-0.2, -0.15) is 0 Å². The Morgan fingerprint density at radius 2 is 1.79 bits per heavy atom. The highest BCUT2D eigenvalue weighted by atomic mass is 79.9. The maximum atomic E-state index is 12.2. The van der Waals surface area contributed by atoms with Crippen LogP contribution in [0.4, 0.5) is 0 Å². The number of benzene rings is 2. The SMILES string of the molecule is O=C(Cc1ccc(Br)cc1)c1cc2ccccc2[nH]1. The van der Waals surface area contributed by atoms with Crippen LogP contribution in [0.15, 0.2) is 59.1 Å². The van der Waals surface area contributed by atoms with E-state index in [1.54, 1.807) is 0 Å². The summed E-state index contributed by atoms with van der Waals surface area (Å²) >= 11 is 3.39. The lowest BCUT2D eigenvalue weighted by Gasteiger charge is -1.99. The molecule has 94 valence electrons. The Labute approximate surface area is 119 Å². The number of rotatable bonds is 3. The summed E-state index contributed by atoms with van der Waals surface area (Å²) < 4.78 is 1.02. The molecular formula is C16H12BrNO. The number of H-pyrrole nitrogens is 1. The van der Waals surface area contributed by atoms with Crippen LogP contribution in [0, 0.1) is 0 Å². The lowest BCUT2D eigenvalue weighted by Crippen LogP contribution is -2.03. The molecular weight excluding hydrogens is 302 g/mol. The molecule has 0 aliphatic carbocycles. The van der Waals surface area contributed by atoms with Crippen LogP contribution in [0.25, 0.3) is 10.9 Å². The van der Waals surface area contributed by atoms with Gasteiger partial charge < -0.3 is 4.98 Å². The van der Waals surface area contributed by atoms with Gasteiger partial charge in [0.1, 0.15) is 0 Å². The highest BCUT2D eigenvalue weighted by Crippen LogP contribution is 2.17. The first-order valence-corrected chi connectivity index (χ1v) is 6.87. The lowest BCUT2D eigenvalue weighted by atomic mass is 10.1. The summed E-state index contributed by atoms with van der Waals surface area (Å²) in [5.74, 6) is 0.110. The highest BCUT2D eigenvalue weighted by Gasteiger charge is 2.10. The summed E-state index contributed by atoms with van der Waals surface area (Å²) in [5, 5.41) is 1.07. The number of fused-ring (bicyclic) bond motifs is 1. The normalized spacial score (nSPS) is 10.8. The number of halogens is 1. The van der Waals surface area contributed by atoms with Gasteiger partial charge in [-0.15, -0.1) is 0 Å². The smallest absolute Gasteiger partial charge is 0.183 e. The van der Waals surface area contributed by atoms with Crippen molar-refractivity contribution < 1.29 is 4.79 Å². The minimum Gasteiger partial charge on any atom is -0.352 e. The van der Waals surface area contributed by atoms with E-state index in [1.165, 1.54) is 0 Å². The van der Waals surface area contributed by atoms with Gasteiger partial charge in [-0.05, 0) is 29.8 Å². The molecule has 0 saturated heterocycles. The number of para-hydroxylation sites is 1. The Morgan fingerprint density at radius 1 is 1.05 bits per heavy atom. The first kappa shape index (κ1) is 12.2. The number of ketones is 1. The van der Waals surface area contributed by atoms with Crippen molar-refractivity contribution in [1.82, 2.24) is 4.98 Å². The van der Waals surface area contributed by atoms with Gasteiger partial charge in [0, 0.05) is 21.8 Å². The van der Waals surface area contributed by atoms with Crippen LogP contribution >= 0.6 is 15.9 Å². The zero-order valence-electron chi connectivity index (χ0n) is 10.2. The average molecular weight is 314 g/mol. The summed E-state index contributed by atoms with van der Waals surface area (Å²) in [6.07, 6.45) is 0.417. The number of aromatic nitrogens is 1. The number of Topliss-reactive ketones (excluding diaryl/α,β-unsaturated/α-hetero) is 1. The number of hydrogen-bond donors (Lipinski definition) is 1. The Balaban J connectivity index is 1.85. The second-order valence-corrected chi connectivity index (χ2v) is 5.41. The van der Waals surface area contributed by atoms with Crippen molar-refractivity contribution in [3.8, 4) is 0 Å². The Hall–Kier alpha value is -1.87. The van der Waals surface area contributed by atoms with Crippen molar-refractivity contribution in [3.05, 3.63) is 70.3 Å². The second kappa shape index (κ2) is 5.02. The average Bonchev–Trinajstić information content (AvgIpc) is 2.85. The third kappa shape index (κ3) is 2.61. The van der Waals surface area contributed by atoms with Crippen LogP contribution in [-0.2, 0) is 6.42 Å². The fourth-order valence-electron chi connectivity index (χ4n) is 2.11. The molecule has 2 nitrogen and oxygen atoms in total. The van der Waals surface area contributed by atoms with E-state index in [-0.39, 0.29) is 5.78 Å². The van der Waals surface area contributed by atoms with Crippen LogP contribution in [-0.4, -0.2) is 10.8 Å². The summed E-state index contributed by atoms with van der Waals surface area (Å²) in [5.41, 5.74) is 2.69. The molecule has 0 spiro atoms.